The normalized spacial score (nSPS) is 23.9. The van der Waals surface area contributed by atoms with Crippen LogP contribution in [0.1, 0.15) is 33.1 Å². The van der Waals surface area contributed by atoms with Gasteiger partial charge in [0.1, 0.15) is 0 Å². The molecule has 0 aliphatic carbocycles. The predicted octanol–water partition coefficient (Wildman–Crippen LogP) is 1.61. The van der Waals surface area contributed by atoms with E-state index in [4.69, 9.17) is 5.26 Å². The highest BCUT2D eigenvalue weighted by Crippen LogP contribution is 2.15. The van der Waals surface area contributed by atoms with Gasteiger partial charge in [0.05, 0.1) is 12.1 Å². The van der Waals surface area contributed by atoms with E-state index in [-0.39, 0.29) is 6.04 Å². The van der Waals surface area contributed by atoms with Crippen LogP contribution in [0.2, 0.25) is 0 Å². The number of nitriles is 1. The molecule has 0 radical (unpaired) electrons. The Morgan fingerprint density at radius 3 is 2.93 bits per heavy atom. The summed E-state index contributed by atoms with van der Waals surface area (Å²) in [7, 11) is 0. The third-order valence-corrected chi connectivity index (χ3v) is 3.04. The topological polar surface area (TPSA) is 39.1 Å². The zero-order valence-electron chi connectivity index (χ0n) is 10.00. The molecule has 1 rings (SSSR count). The van der Waals surface area contributed by atoms with Crippen LogP contribution in [0, 0.1) is 17.2 Å². The number of rotatable bonds is 6. The van der Waals surface area contributed by atoms with Crippen molar-refractivity contribution in [1.29, 1.82) is 5.26 Å². The zero-order chi connectivity index (χ0) is 11.1. The highest BCUT2D eigenvalue weighted by Gasteiger charge is 2.19. The summed E-state index contributed by atoms with van der Waals surface area (Å²) >= 11 is 0. The standard InChI is InChI=1S/C12H23N3/c1-3-6-14-12(9-13)5-8-15-7-4-11(2)10-15/h11-12,14H,3-8,10H2,1-2H3. The average Bonchev–Trinajstić information content (AvgIpc) is 2.65. The second kappa shape index (κ2) is 6.81. The molecule has 2 atom stereocenters. The first kappa shape index (κ1) is 12.5. The van der Waals surface area contributed by atoms with Crippen molar-refractivity contribution in [2.75, 3.05) is 26.2 Å². The van der Waals surface area contributed by atoms with Crippen LogP contribution in [0.4, 0.5) is 0 Å². The first-order valence-electron chi connectivity index (χ1n) is 6.11. The van der Waals surface area contributed by atoms with Crippen LogP contribution in [-0.2, 0) is 0 Å². The number of nitrogens with zero attached hydrogens (tertiary/aromatic N) is 2. The molecule has 0 aromatic carbocycles. The van der Waals surface area contributed by atoms with Gasteiger partial charge in [-0.25, -0.2) is 0 Å². The lowest BCUT2D eigenvalue weighted by molar-refractivity contribution is 0.312. The third kappa shape index (κ3) is 4.63. The average molecular weight is 209 g/mol. The van der Waals surface area contributed by atoms with E-state index < -0.39 is 0 Å². The molecule has 86 valence electrons. The van der Waals surface area contributed by atoms with E-state index in [1.165, 1.54) is 19.5 Å². The Kier molecular flexibility index (Phi) is 5.67. The first-order chi connectivity index (χ1) is 7.26. The van der Waals surface area contributed by atoms with E-state index in [0.29, 0.717) is 0 Å². The molecule has 1 N–H and O–H groups in total. The fourth-order valence-corrected chi connectivity index (χ4v) is 2.07. The molecule has 2 unspecified atom stereocenters. The van der Waals surface area contributed by atoms with E-state index in [1.807, 2.05) is 0 Å². The summed E-state index contributed by atoms with van der Waals surface area (Å²) in [5.74, 6) is 0.842. The fourth-order valence-electron chi connectivity index (χ4n) is 2.07. The quantitative estimate of drug-likeness (QED) is 0.722. The van der Waals surface area contributed by atoms with Crippen molar-refractivity contribution in [3.05, 3.63) is 0 Å². The molecule has 0 spiro atoms. The van der Waals surface area contributed by atoms with Crippen molar-refractivity contribution in [2.24, 2.45) is 5.92 Å². The van der Waals surface area contributed by atoms with Gasteiger partial charge in [-0.05, 0) is 38.3 Å². The summed E-state index contributed by atoms with van der Waals surface area (Å²) in [5, 5.41) is 12.2. The van der Waals surface area contributed by atoms with E-state index in [9.17, 15) is 0 Å². The second-order valence-electron chi connectivity index (χ2n) is 4.62. The highest BCUT2D eigenvalue weighted by molar-refractivity contribution is 4.90. The maximum atomic E-state index is 8.95. The third-order valence-electron chi connectivity index (χ3n) is 3.04. The monoisotopic (exact) mass is 209 g/mol. The molecule has 0 bridgehead atoms. The molecule has 1 fully saturated rings. The lowest BCUT2D eigenvalue weighted by Gasteiger charge is -2.17. The molecule has 0 amide bonds. The minimum absolute atomic E-state index is 0.0425. The van der Waals surface area contributed by atoms with Crippen LogP contribution < -0.4 is 5.32 Å². The Bertz CT molecular complexity index is 209. The molecule has 0 aromatic heterocycles. The van der Waals surface area contributed by atoms with Crippen molar-refractivity contribution in [3.63, 3.8) is 0 Å². The van der Waals surface area contributed by atoms with Gasteiger partial charge in [-0.15, -0.1) is 0 Å². The van der Waals surface area contributed by atoms with Crippen molar-refractivity contribution in [3.8, 4) is 6.07 Å². The fraction of sp³-hybridized carbons (Fsp3) is 0.917. The summed E-state index contributed by atoms with van der Waals surface area (Å²) in [6.07, 6.45) is 3.38. The molecule has 1 heterocycles. The lowest BCUT2D eigenvalue weighted by atomic mass is 10.2. The molecule has 0 saturated carbocycles. The Morgan fingerprint density at radius 2 is 2.40 bits per heavy atom. The Morgan fingerprint density at radius 1 is 1.60 bits per heavy atom. The second-order valence-corrected chi connectivity index (χ2v) is 4.62. The van der Waals surface area contributed by atoms with Gasteiger partial charge >= 0.3 is 0 Å². The minimum Gasteiger partial charge on any atom is -0.303 e. The first-order valence-corrected chi connectivity index (χ1v) is 6.11. The molecule has 3 heteroatoms. The van der Waals surface area contributed by atoms with Gasteiger partial charge in [0.25, 0.3) is 0 Å². The minimum atomic E-state index is 0.0425. The van der Waals surface area contributed by atoms with Gasteiger partial charge in [-0.2, -0.15) is 5.26 Å². The molecule has 1 aliphatic rings. The Labute approximate surface area is 93.5 Å². The largest absolute Gasteiger partial charge is 0.303 e. The number of likely N-dealkylation sites (tertiary alicyclic amines) is 1. The summed E-state index contributed by atoms with van der Waals surface area (Å²) < 4.78 is 0. The predicted molar refractivity (Wildman–Crippen MR) is 62.5 cm³/mol. The van der Waals surface area contributed by atoms with Gasteiger partial charge in [0, 0.05) is 13.1 Å². The molecule has 1 saturated heterocycles. The van der Waals surface area contributed by atoms with Crippen LogP contribution in [0.15, 0.2) is 0 Å². The van der Waals surface area contributed by atoms with E-state index in [2.05, 4.69) is 30.1 Å². The van der Waals surface area contributed by atoms with Gasteiger partial charge in [0.2, 0.25) is 0 Å². The Balaban J connectivity index is 2.14. The van der Waals surface area contributed by atoms with Gasteiger partial charge < -0.3 is 10.2 Å². The Hall–Kier alpha value is -0.590. The molecular formula is C12H23N3. The lowest BCUT2D eigenvalue weighted by Crippen LogP contribution is -2.33. The van der Waals surface area contributed by atoms with Crippen molar-refractivity contribution in [2.45, 2.75) is 39.2 Å². The molecule has 15 heavy (non-hydrogen) atoms. The molecule has 0 aromatic rings. The van der Waals surface area contributed by atoms with Gasteiger partial charge in [0.15, 0.2) is 0 Å². The number of hydrogen-bond donors (Lipinski definition) is 1. The van der Waals surface area contributed by atoms with Crippen LogP contribution in [-0.4, -0.2) is 37.1 Å². The van der Waals surface area contributed by atoms with Crippen LogP contribution in [0.25, 0.3) is 0 Å². The number of nitrogens with one attached hydrogen (secondary N) is 1. The summed E-state index contributed by atoms with van der Waals surface area (Å²) in [4.78, 5) is 2.47. The molecular weight excluding hydrogens is 186 g/mol. The van der Waals surface area contributed by atoms with E-state index in [1.54, 1.807) is 0 Å². The highest BCUT2D eigenvalue weighted by atomic mass is 15.1. The number of hydrogen-bond acceptors (Lipinski definition) is 3. The van der Waals surface area contributed by atoms with Gasteiger partial charge in [-0.3, -0.25) is 0 Å². The van der Waals surface area contributed by atoms with Crippen molar-refractivity contribution in [1.82, 2.24) is 10.2 Å². The maximum absolute atomic E-state index is 8.95. The van der Waals surface area contributed by atoms with Crippen molar-refractivity contribution < 1.29 is 0 Å². The summed E-state index contributed by atoms with van der Waals surface area (Å²) in [5.41, 5.74) is 0. The van der Waals surface area contributed by atoms with Gasteiger partial charge in [-0.1, -0.05) is 13.8 Å². The van der Waals surface area contributed by atoms with E-state index in [0.717, 1.165) is 31.8 Å². The molecule has 3 nitrogen and oxygen atoms in total. The summed E-state index contributed by atoms with van der Waals surface area (Å²) in [6, 6.07) is 2.38. The zero-order valence-corrected chi connectivity index (χ0v) is 10.00. The van der Waals surface area contributed by atoms with Crippen molar-refractivity contribution >= 4 is 0 Å². The smallest absolute Gasteiger partial charge is 0.0965 e. The van der Waals surface area contributed by atoms with E-state index >= 15 is 0 Å². The van der Waals surface area contributed by atoms with Crippen LogP contribution in [0.3, 0.4) is 0 Å². The van der Waals surface area contributed by atoms with Crippen LogP contribution in [0.5, 0.6) is 0 Å². The maximum Gasteiger partial charge on any atom is 0.0965 e. The van der Waals surface area contributed by atoms with Crippen LogP contribution >= 0.6 is 0 Å². The SMILES string of the molecule is CCCNC(C#N)CCN1CCC(C)C1. The summed E-state index contributed by atoms with van der Waals surface area (Å²) in [6.45, 7) is 8.88. The molecule has 1 aliphatic heterocycles.